The molecule has 0 aliphatic rings. The zero-order valence-corrected chi connectivity index (χ0v) is 14.6. The summed E-state index contributed by atoms with van der Waals surface area (Å²) in [7, 11) is 0. The molecule has 26 heavy (non-hydrogen) atoms. The van der Waals surface area contributed by atoms with Crippen LogP contribution in [0.1, 0.15) is 17.5 Å². The maximum Gasteiger partial charge on any atom is 0.231 e. The molecule has 0 saturated carbocycles. The second-order valence-electron chi connectivity index (χ2n) is 5.71. The van der Waals surface area contributed by atoms with Crippen LogP contribution in [0.2, 0.25) is 0 Å². The maximum absolute atomic E-state index is 10.5. The summed E-state index contributed by atoms with van der Waals surface area (Å²) in [5, 5.41) is 13.6. The summed E-state index contributed by atoms with van der Waals surface area (Å²) < 4.78 is 5.88. The Kier molecular flexibility index (Phi) is 4.13. The Balaban J connectivity index is 1.60. The Morgan fingerprint density at radius 3 is 3.00 bits per heavy atom. The highest BCUT2D eigenvalue weighted by Gasteiger charge is 2.22. The van der Waals surface area contributed by atoms with E-state index in [9.17, 15) is 5.11 Å². The zero-order valence-electron chi connectivity index (χ0n) is 13.8. The molecular weight excluding hydrogens is 348 g/mol. The first-order valence-electron chi connectivity index (χ1n) is 7.83. The Bertz CT molecular complexity index is 1110. The average molecular weight is 362 g/mol. The van der Waals surface area contributed by atoms with Crippen molar-refractivity contribution in [2.24, 2.45) is 0 Å². The number of ether oxygens (including phenoxy) is 1. The summed E-state index contributed by atoms with van der Waals surface area (Å²) in [4.78, 5) is 15.5. The fourth-order valence-electron chi connectivity index (χ4n) is 2.39. The molecule has 4 aromatic rings. The SMILES string of the molecule is CC(O)(C#Cc1cccc(Oc2ncnc3[nH]ccc23)c1)c1nccs1. The summed E-state index contributed by atoms with van der Waals surface area (Å²) in [6.07, 6.45) is 4.88. The van der Waals surface area contributed by atoms with E-state index in [1.807, 2.05) is 29.6 Å². The molecule has 1 atom stereocenters. The molecular formula is C19H14N4O2S. The molecule has 0 amide bonds. The first-order chi connectivity index (χ1) is 12.6. The number of aliphatic hydroxyl groups is 1. The van der Waals surface area contributed by atoms with Crippen molar-refractivity contribution in [3.8, 4) is 23.5 Å². The van der Waals surface area contributed by atoms with Gasteiger partial charge in [0.05, 0.1) is 5.39 Å². The molecule has 6 nitrogen and oxygen atoms in total. The van der Waals surface area contributed by atoms with Crippen LogP contribution < -0.4 is 4.74 Å². The van der Waals surface area contributed by atoms with Crippen molar-refractivity contribution in [1.82, 2.24) is 19.9 Å². The highest BCUT2D eigenvalue weighted by molar-refractivity contribution is 7.09. The van der Waals surface area contributed by atoms with Gasteiger partial charge < -0.3 is 14.8 Å². The van der Waals surface area contributed by atoms with Crippen LogP contribution in [0.5, 0.6) is 11.6 Å². The molecule has 1 aromatic carbocycles. The van der Waals surface area contributed by atoms with E-state index in [0.717, 1.165) is 10.9 Å². The Labute approximate surface area is 153 Å². The van der Waals surface area contributed by atoms with Gasteiger partial charge in [-0.1, -0.05) is 17.9 Å². The molecule has 0 bridgehead atoms. The average Bonchev–Trinajstić information content (AvgIpc) is 3.33. The van der Waals surface area contributed by atoms with Crippen LogP contribution in [0.3, 0.4) is 0 Å². The Morgan fingerprint density at radius 1 is 1.23 bits per heavy atom. The monoisotopic (exact) mass is 362 g/mol. The molecule has 0 aliphatic heterocycles. The van der Waals surface area contributed by atoms with Gasteiger partial charge in [0.15, 0.2) is 5.60 Å². The smallest absolute Gasteiger partial charge is 0.231 e. The van der Waals surface area contributed by atoms with E-state index in [1.54, 1.807) is 25.4 Å². The molecule has 0 radical (unpaired) electrons. The maximum atomic E-state index is 10.5. The van der Waals surface area contributed by atoms with Gasteiger partial charge in [-0.25, -0.2) is 15.0 Å². The number of fused-ring (bicyclic) bond motifs is 1. The van der Waals surface area contributed by atoms with E-state index in [1.165, 1.54) is 17.7 Å². The fraction of sp³-hybridized carbons (Fsp3) is 0.105. The lowest BCUT2D eigenvalue weighted by Crippen LogP contribution is -2.17. The van der Waals surface area contributed by atoms with Crippen LogP contribution in [-0.2, 0) is 5.60 Å². The number of nitrogens with one attached hydrogen (secondary N) is 1. The summed E-state index contributed by atoms with van der Waals surface area (Å²) in [5.41, 5.74) is 0.138. The number of hydrogen-bond acceptors (Lipinski definition) is 6. The molecule has 0 saturated heterocycles. The molecule has 4 rings (SSSR count). The third kappa shape index (κ3) is 3.28. The molecule has 7 heteroatoms. The minimum atomic E-state index is -1.30. The highest BCUT2D eigenvalue weighted by atomic mass is 32.1. The number of thiazole rings is 1. The molecule has 0 aliphatic carbocycles. The Morgan fingerprint density at radius 2 is 2.15 bits per heavy atom. The number of aromatic amines is 1. The summed E-state index contributed by atoms with van der Waals surface area (Å²) in [6.45, 7) is 1.63. The second-order valence-corrected chi connectivity index (χ2v) is 6.60. The molecule has 0 fully saturated rings. The van der Waals surface area contributed by atoms with Gasteiger partial charge in [0, 0.05) is 23.3 Å². The quantitative estimate of drug-likeness (QED) is 0.545. The molecule has 3 heterocycles. The van der Waals surface area contributed by atoms with Gasteiger partial charge in [0.25, 0.3) is 0 Å². The van der Waals surface area contributed by atoms with Crippen LogP contribution in [0.15, 0.2) is 54.4 Å². The number of benzene rings is 1. The lowest BCUT2D eigenvalue weighted by Gasteiger charge is -2.12. The fourth-order valence-corrected chi connectivity index (χ4v) is 3.04. The van der Waals surface area contributed by atoms with Crippen molar-refractivity contribution in [2.75, 3.05) is 0 Å². The van der Waals surface area contributed by atoms with Crippen molar-refractivity contribution in [3.63, 3.8) is 0 Å². The summed E-state index contributed by atoms with van der Waals surface area (Å²) in [6, 6.07) is 9.17. The first kappa shape index (κ1) is 16.3. The van der Waals surface area contributed by atoms with Crippen molar-refractivity contribution < 1.29 is 9.84 Å². The summed E-state index contributed by atoms with van der Waals surface area (Å²) in [5.74, 6) is 6.91. The van der Waals surface area contributed by atoms with Crippen molar-refractivity contribution in [1.29, 1.82) is 0 Å². The largest absolute Gasteiger partial charge is 0.438 e. The van der Waals surface area contributed by atoms with E-state index in [0.29, 0.717) is 22.3 Å². The van der Waals surface area contributed by atoms with Gasteiger partial charge in [0.1, 0.15) is 22.7 Å². The third-order valence-corrected chi connectivity index (χ3v) is 4.65. The number of nitrogens with zero attached hydrogens (tertiary/aromatic N) is 3. The van der Waals surface area contributed by atoms with Crippen LogP contribution in [-0.4, -0.2) is 25.0 Å². The standard InChI is InChI=1S/C19H14N4O2S/c1-19(24,18-21-9-10-26-18)7-5-13-3-2-4-14(11-13)25-17-15-6-8-20-16(15)22-12-23-17/h2-4,6,8-12,24H,1H3,(H,20,22,23). The van der Waals surface area contributed by atoms with Gasteiger partial charge in [-0.05, 0) is 31.2 Å². The number of H-pyrrole nitrogens is 1. The number of aromatic nitrogens is 4. The highest BCUT2D eigenvalue weighted by Crippen LogP contribution is 2.26. The zero-order chi connectivity index (χ0) is 18.0. The van der Waals surface area contributed by atoms with Gasteiger partial charge in [-0.15, -0.1) is 11.3 Å². The van der Waals surface area contributed by atoms with E-state index in [2.05, 4.69) is 31.8 Å². The van der Waals surface area contributed by atoms with Crippen LogP contribution in [0.4, 0.5) is 0 Å². The van der Waals surface area contributed by atoms with E-state index >= 15 is 0 Å². The second kappa shape index (κ2) is 6.59. The predicted molar refractivity (Wildman–Crippen MR) is 99.0 cm³/mol. The van der Waals surface area contributed by atoms with Crippen molar-refractivity contribution in [2.45, 2.75) is 12.5 Å². The van der Waals surface area contributed by atoms with Crippen molar-refractivity contribution in [3.05, 3.63) is 65.0 Å². The minimum absolute atomic E-state index is 0.469. The van der Waals surface area contributed by atoms with E-state index in [-0.39, 0.29) is 0 Å². The predicted octanol–water partition coefficient (Wildman–Crippen LogP) is 3.47. The normalized spacial score (nSPS) is 13.0. The topological polar surface area (TPSA) is 83.9 Å². The Hall–Kier alpha value is -3.21. The van der Waals surface area contributed by atoms with Crippen LogP contribution in [0.25, 0.3) is 11.0 Å². The minimum Gasteiger partial charge on any atom is -0.438 e. The molecule has 128 valence electrons. The van der Waals surface area contributed by atoms with Gasteiger partial charge in [-0.3, -0.25) is 0 Å². The van der Waals surface area contributed by atoms with Gasteiger partial charge >= 0.3 is 0 Å². The third-order valence-electron chi connectivity index (χ3n) is 3.66. The van der Waals surface area contributed by atoms with Gasteiger partial charge in [0.2, 0.25) is 5.88 Å². The molecule has 0 spiro atoms. The summed E-state index contributed by atoms with van der Waals surface area (Å²) >= 11 is 1.37. The van der Waals surface area contributed by atoms with E-state index in [4.69, 9.17) is 4.74 Å². The van der Waals surface area contributed by atoms with Crippen LogP contribution in [0, 0.1) is 11.8 Å². The number of rotatable bonds is 3. The first-order valence-corrected chi connectivity index (χ1v) is 8.71. The molecule has 2 N–H and O–H groups in total. The lowest BCUT2D eigenvalue weighted by atomic mass is 10.1. The molecule has 1 unspecified atom stereocenters. The van der Waals surface area contributed by atoms with E-state index < -0.39 is 5.60 Å². The molecule has 3 aromatic heterocycles. The van der Waals surface area contributed by atoms with Gasteiger partial charge in [-0.2, -0.15) is 0 Å². The van der Waals surface area contributed by atoms with Crippen molar-refractivity contribution >= 4 is 22.4 Å². The van der Waals surface area contributed by atoms with Crippen LogP contribution >= 0.6 is 11.3 Å². The number of hydrogen-bond donors (Lipinski definition) is 2. The lowest BCUT2D eigenvalue weighted by molar-refractivity contribution is 0.122.